The summed E-state index contributed by atoms with van der Waals surface area (Å²) in [6, 6.07) is 12.1. The third-order valence-electron chi connectivity index (χ3n) is 2.99. The molecule has 0 atom stereocenters. The van der Waals surface area contributed by atoms with Crippen LogP contribution in [-0.4, -0.2) is 20.3 Å². The highest BCUT2D eigenvalue weighted by atomic mass is 35.5. The van der Waals surface area contributed by atoms with E-state index < -0.39 is 6.03 Å². The van der Waals surface area contributed by atoms with Crippen molar-refractivity contribution < 1.29 is 14.3 Å². The normalized spacial score (nSPS) is 10.4. The fourth-order valence-electron chi connectivity index (χ4n) is 1.90. The first-order valence-electron chi connectivity index (χ1n) is 6.84. The van der Waals surface area contributed by atoms with Crippen molar-refractivity contribution in [2.75, 3.05) is 19.5 Å². The predicted octanol–water partition coefficient (Wildman–Crippen LogP) is 4.15. The Balaban J connectivity index is 1.97. The van der Waals surface area contributed by atoms with Crippen LogP contribution in [0, 0.1) is 0 Å². The second kappa shape index (κ2) is 8.10. The largest absolute Gasteiger partial charge is 0.497 e. The first kappa shape index (κ1) is 16.7. The molecule has 0 bridgehead atoms. The number of methoxy groups -OCH3 is 2. The van der Waals surface area contributed by atoms with E-state index in [2.05, 4.69) is 10.6 Å². The summed E-state index contributed by atoms with van der Waals surface area (Å²) in [6.07, 6.45) is 3.30. The minimum absolute atomic E-state index is 0.398. The van der Waals surface area contributed by atoms with E-state index in [0.717, 1.165) is 11.3 Å². The van der Waals surface area contributed by atoms with E-state index in [1.165, 1.54) is 7.11 Å². The van der Waals surface area contributed by atoms with E-state index in [1.54, 1.807) is 37.6 Å². The van der Waals surface area contributed by atoms with E-state index >= 15 is 0 Å². The molecule has 0 saturated heterocycles. The monoisotopic (exact) mass is 332 g/mol. The number of anilines is 1. The summed E-state index contributed by atoms with van der Waals surface area (Å²) < 4.78 is 10.3. The van der Waals surface area contributed by atoms with Gasteiger partial charge in [-0.05, 0) is 42.0 Å². The van der Waals surface area contributed by atoms with Crippen LogP contribution >= 0.6 is 11.6 Å². The van der Waals surface area contributed by atoms with Gasteiger partial charge in [0, 0.05) is 11.2 Å². The molecular weight excluding hydrogens is 316 g/mol. The minimum atomic E-state index is -0.398. The maximum absolute atomic E-state index is 11.9. The Labute approximate surface area is 139 Å². The molecule has 120 valence electrons. The fraction of sp³-hybridized carbons (Fsp3) is 0.118. The number of nitrogens with one attached hydrogen (secondary N) is 2. The summed E-state index contributed by atoms with van der Waals surface area (Å²) in [5.74, 6) is 1.28. The van der Waals surface area contributed by atoms with Crippen molar-refractivity contribution in [1.29, 1.82) is 0 Å². The third kappa shape index (κ3) is 4.93. The molecule has 2 amide bonds. The molecular formula is C17H17ClN2O3. The third-order valence-corrected chi connectivity index (χ3v) is 3.23. The van der Waals surface area contributed by atoms with E-state index in [-0.39, 0.29) is 0 Å². The molecule has 2 rings (SSSR count). The van der Waals surface area contributed by atoms with Gasteiger partial charge in [0.2, 0.25) is 0 Å². The average molecular weight is 333 g/mol. The van der Waals surface area contributed by atoms with Gasteiger partial charge in [-0.25, -0.2) is 4.79 Å². The average Bonchev–Trinajstić information content (AvgIpc) is 2.55. The van der Waals surface area contributed by atoms with Gasteiger partial charge in [0.25, 0.3) is 0 Å². The molecule has 2 N–H and O–H groups in total. The van der Waals surface area contributed by atoms with Gasteiger partial charge in [0.05, 0.1) is 19.9 Å². The van der Waals surface area contributed by atoms with Gasteiger partial charge in [0.15, 0.2) is 0 Å². The zero-order valence-corrected chi connectivity index (χ0v) is 13.6. The molecule has 0 aromatic heterocycles. The van der Waals surface area contributed by atoms with Gasteiger partial charge < -0.3 is 20.1 Å². The van der Waals surface area contributed by atoms with E-state index in [0.29, 0.717) is 16.5 Å². The Morgan fingerprint density at radius 3 is 2.70 bits per heavy atom. The van der Waals surface area contributed by atoms with Crippen LogP contribution in [0.25, 0.3) is 6.08 Å². The molecule has 0 aliphatic rings. The molecule has 5 nitrogen and oxygen atoms in total. The van der Waals surface area contributed by atoms with Crippen LogP contribution in [0.15, 0.2) is 48.7 Å². The maximum atomic E-state index is 11.9. The summed E-state index contributed by atoms with van der Waals surface area (Å²) in [4.78, 5) is 11.9. The molecule has 6 heteroatoms. The van der Waals surface area contributed by atoms with Crippen LogP contribution in [-0.2, 0) is 0 Å². The summed E-state index contributed by atoms with van der Waals surface area (Å²) >= 11 is 5.92. The number of hydrogen-bond acceptors (Lipinski definition) is 3. The van der Waals surface area contributed by atoms with Crippen molar-refractivity contribution in [3.8, 4) is 11.5 Å². The second-order valence-electron chi connectivity index (χ2n) is 4.55. The molecule has 0 saturated carbocycles. The standard InChI is InChI=1S/C17H17ClN2O3/c1-22-14-5-3-4-12(10-14)8-9-19-17(21)20-15-11-13(18)6-7-16(15)23-2/h3-11H,1-2H3,(H2,19,20,21)/b9-8+. The van der Waals surface area contributed by atoms with Crippen molar-refractivity contribution in [3.05, 3.63) is 59.3 Å². The molecule has 0 fully saturated rings. The lowest BCUT2D eigenvalue weighted by atomic mass is 10.2. The molecule has 0 unspecified atom stereocenters. The van der Waals surface area contributed by atoms with Gasteiger partial charge in [0.1, 0.15) is 11.5 Å². The second-order valence-corrected chi connectivity index (χ2v) is 4.99. The molecule has 0 radical (unpaired) electrons. The van der Waals surface area contributed by atoms with Crippen LogP contribution in [0.1, 0.15) is 5.56 Å². The molecule has 2 aromatic rings. The van der Waals surface area contributed by atoms with Gasteiger partial charge >= 0.3 is 6.03 Å². The Bertz CT molecular complexity index is 717. The number of benzene rings is 2. The Morgan fingerprint density at radius 1 is 1.13 bits per heavy atom. The number of rotatable bonds is 5. The van der Waals surface area contributed by atoms with Crippen LogP contribution in [0.2, 0.25) is 5.02 Å². The summed E-state index contributed by atoms with van der Waals surface area (Å²) in [5.41, 5.74) is 1.40. The van der Waals surface area contributed by atoms with Gasteiger partial charge in [-0.15, -0.1) is 0 Å². The number of hydrogen-bond donors (Lipinski definition) is 2. The molecule has 0 heterocycles. The Morgan fingerprint density at radius 2 is 1.96 bits per heavy atom. The van der Waals surface area contributed by atoms with Crippen LogP contribution in [0.3, 0.4) is 0 Å². The lowest BCUT2D eigenvalue weighted by molar-refractivity contribution is 0.255. The van der Waals surface area contributed by atoms with Crippen LogP contribution in [0.4, 0.5) is 10.5 Å². The zero-order valence-electron chi connectivity index (χ0n) is 12.8. The molecule has 23 heavy (non-hydrogen) atoms. The SMILES string of the molecule is COc1cccc(/C=C/NC(=O)Nc2cc(Cl)ccc2OC)c1. The quantitative estimate of drug-likeness (QED) is 0.864. The smallest absolute Gasteiger partial charge is 0.323 e. The van der Waals surface area contributed by atoms with E-state index in [4.69, 9.17) is 21.1 Å². The lowest BCUT2D eigenvalue weighted by Crippen LogP contribution is -2.24. The summed E-state index contributed by atoms with van der Waals surface area (Å²) in [6.45, 7) is 0. The molecule has 0 aliphatic heterocycles. The lowest BCUT2D eigenvalue weighted by Gasteiger charge is -2.10. The highest BCUT2D eigenvalue weighted by Crippen LogP contribution is 2.27. The predicted molar refractivity (Wildman–Crippen MR) is 92.2 cm³/mol. The maximum Gasteiger partial charge on any atom is 0.323 e. The van der Waals surface area contributed by atoms with Crippen molar-refractivity contribution >= 4 is 29.4 Å². The van der Waals surface area contributed by atoms with Crippen molar-refractivity contribution in [2.45, 2.75) is 0 Å². The number of urea groups is 1. The van der Waals surface area contributed by atoms with Crippen LogP contribution < -0.4 is 20.1 Å². The number of carbonyl (C=O) groups excluding carboxylic acids is 1. The van der Waals surface area contributed by atoms with Crippen LogP contribution in [0.5, 0.6) is 11.5 Å². The summed E-state index contributed by atoms with van der Waals surface area (Å²) in [5, 5.41) is 5.80. The first-order chi connectivity index (χ1) is 11.1. The number of ether oxygens (including phenoxy) is 2. The van der Waals surface area contributed by atoms with Gasteiger partial charge in [-0.1, -0.05) is 23.7 Å². The number of carbonyl (C=O) groups is 1. The summed E-state index contributed by atoms with van der Waals surface area (Å²) in [7, 11) is 3.13. The number of halogens is 1. The highest BCUT2D eigenvalue weighted by Gasteiger charge is 2.06. The fourth-order valence-corrected chi connectivity index (χ4v) is 2.07. The number of amides is 2. The molecule has 0 aliphatic carbocycles. The Hall–Kier alpha value is -2.66. The molecule has 0 spiro atoms. The topological polar surface area (TPSA) is 59.6 Å². The van der Waals surface area contributed by atoms with E-state index in [9.17, 15) is 4.79 Å². The van der Waals surface area contributed by atoms with Crippen molar-refractivity contribution in [2.24, 2.45) is 0 Å². The highest BCUT2D eigenvalue weighted by molar-refractivity contribution is 6.31. The zero-order chi connectivity index (χ0) is 16.7. The van der Waals surface area contributed by atoms with Crippen molar-refractivity contribution in [1.82, 2.24) is 5.32 Å². The molecule has 2 aromatic carbocycles. The Kier molecular flexibility index (Phi) is 5.88. The van der Waals surface area contributed by atoms with E-state index in [1.807, 2.05) is 24.3 Å². The minimum Gasteiger partial charge on any atom is -0.497 e. The van der Waals surface area contributed by atoms with Gasteiger partial charge in [-0.3, -0.25) is 0 Å². The first-order valence-corrected chi connectivity index (χ1v) is 7.22. The van der Waals surface area contributed by atoms with Crippen molar-refractivity contribution in [3.63, 3.8) is 0 Å². The van der Waals surface area contributed by atoms with Gasteiger partial charge in [-0.2, -0.15) is 0 Å².